The van der Waals surface area contributed by atoms with Crippen LogP contribution in [0, 0.1) is 0 Å². The molecule has 0 N–H and O–H groups in total. The Bertz CT molecular complexity index is 1090. The van der Waals surface area contributed by atoms with Crippen molar-refractivity contribution in [2.75, 3.05) is 47.5 Å². The molecule has 0 saturated heterocycles. The Morgan fingerprint density at radius 3 is 1.58 bits per heavy atom. The van der Waals surface area contributed by atoms with E-state index >= 15 is 0 Å². The zero-order valence-corrected chi connectivity index (χ0v) is 35.1. The smallest absolute Gasteiger partial charge is 0.306 e. The van der Waals surface area contributed by atoms with Crippen LogP contribution in [-0.4, -0.2) is 70.0 Å². The highest BCUT2D eigenvalue weighted by Crippen LogP contribution is 2.38. The van der Waals surface area contributed by atoms with Crippen LogP contribution in [0.5, 0.6) is 0 Å². The second-order valence-electron chi connectivity index (χ2n) is 14.7. The third-order valence-electron chi connectivity index (χ3n) is 8.30. The van der Waals surface area contributed by atoms with E-state index in [0.29, 0.717) is 17.4 Å². The number of unbranched alkanes of at least 4 members (excludes halogenated alkanes) is 12. The van der Waals surface area contributed by atoms with E-state index in [-0.39, 0.29) is 26.1 Å². The summed E-state index contributed by atoms with van der Waals surface area (Å²) in [7, 11) is 1.11. The van der Waals surface area contributed by atoms with Gasteiger partial charge in [0.25, 0.3) is 7.82 Å². The van der Waals surface area contributed by atoms with E-state index in [4.69, 9.17) is 18.5 Å². The molecule has 9 nitrogen and oxygen atoms in total. The van der Waals surface area contributed by atoms with E-state index in [0.717, 1.165) is 44.9 Å². The molecule has 0 aromatic rings. The van der Waals surface area contributed by atoms with Gasteiger partial charge in [0.15, 0.2) is 6.10 Å². The molecule has 0 bridgehead atoms. The zero-order valence-electron chi connectivity index (χ0n) is 34.2. The van der Waals surface area contributed by atoms with Gasteiger partial charge in [0.05, 0.1) is 27.7 Å². The summed E-state index contributed by atoms with van der Waals surface area (Å²) in [6, 6.07) is 0. The number of carbonyl (C=O) groups is 2. The Balaban J connectivity index is 4.53. The molecule has 0 aliphatic carbocycles. The fourth-order valence-corrected chi connectivity index (χ4v) is 5.78. The molecule has 0 aliphatic heterocycles. The lowest BCUT2D eigenvalue weighted by molar-refractivity contribution is -0.870. The number of allylic oxidation sites excluding steroid dienone is 10. The average molecular weight is 766 g/mol. The van der Waals surface area contributed by atoms with E-state index in [9.17, 15) is 19.0 Å². The largest absolute Gasteiger partial charge is 0.756 e. The highest BCUT2D eigenvalue weighted by Gasteiger charge is 2.21. The Morgan fingerprint density at radius 2 is 1.06 bits per heavy atom. The molecular formula is C43H76NO8P. The summed E-state index contributed by atoms with van der Waals surface area (Å²) in [5.41, 5.74) is 0. The first kappa shape index (κ1) is 50.7. The molecule has 0 aliphatic rings. The lowest BCUT2D eigenvalue weighted by Gasteiger charge is -2.28. The number of hydrogen-bond acceptors (Lipinski definition) is 8. The van der Waals surface area contributed by atoms with E-state index in [1.165, 1.54) is 70.6 Å². The van der Waals surface area contributed by atoms with Crippen LogP contribution in [0.1, 0.15) is 149 Å². The van der Waals surface area contributed by atoms with Crippen molar-refractivity contribution < 1.29 is 42.1 Å². The molecule has 10 heteroatoms. The molecule has 53 heavy (non-hydrogen) atoms. The molecule has 0 heterocycles. The number of esters is 2. The van der Waals surface area contributed by atoms with Gasteiger partial charge in [0.1, 0.15) is 19.8 Å². The van der Waals surface area contributed by atoms with Crippen molar-refractivity contribution in [2.45, 2.75) is 155 Å². The van der Waals surface area contributed by atoms with Crippen LogP contribution in [0.4, 0.5) is 0 Å². The maximum atomic E-state index is 12.6. The molecule has 0 radical (unpaired) electrons. The SMILES string of the molecule is CCCCC/C=C/C/C=C/C/C=C/C/C=C/C/C=C/CCC(=O)O[C@H](COC(=O)CCCCCCCCCCCC)COP(=O)([O-])OCC[N+](C)(C)C. The standard InChI is InChI=1S/C43H76NO8P/c1-6-8-10-12-14-16-18-19-20-21-22-23-24-25-26-28-30-32-34-36-43(46)52-41(40-51-53(47,48)50-38-37-44(3,4)5)39-49-42(45)35-33-31-29-27-17-15-13-11-9-7-2/h14,16,19-20,22-23,25-26,30,32,41H,6-13,15,17-18,21,24,27-29,31,33-40H2,1-5H3/b16-14+,20-19+,23-22+,26-25+,32-30+/t41-/m1/s1. The number of phosphoric ester groups is 1. The minimum absolute atomic E-state index is 0.0457. The summed E-state index contributed by atoms with van der Waals surface area (Å²) in [5, 5.41) is 0. The number of hydrogen-bond donors (Lipinski definition) is 0. The van der Waals surface area contributed by atoms with Crippen LogP contribution in [0.25, 0.3) is 0 Å². The van der Waals surface area contributed by atoms with Gasteiger partial charge < -0.3 is 27.9 Å². The van der Waals surface area contributed by atoms with Gasteiger partial charge >= 0.3 is 11.9 Å². The average Bonchev–Trinajstić information content (AvgIpc) is 3.10. The molecule has 0 aromatic heterocycles. The number of ether oxygens (including phenoxy) is 2. The second-order valence-corrected chi connectivity index (χ2v) is 16.1. The quantitative estimate of drug-likeness (QED) is 0.0204. The van der Waals surface area contributed by atoms with Crippen LogP contribution in [0.2, 0.25) is 0 Å². The topological polar surface area (TPSA) is 111 Å². The van der Waals surface area contributed by atoms with Crippen LogP contribution in [0.15, 0.2) is 60.8 Å². The van der Waals surface area contributed by atoms with Gasteiger partial charge in [0, 0.05) is 12.8 Å². The molecule has 1 unspecified atom stereocenters. The minimum atomic E-state index is -4.64. The maximum absolute atomic E-state index is 12.6. The highest BCUT2D eigenvalue weighted by molar-refractivity contribution is 7.45. The van der Waals surface area contributed by atoms with Crippen LogP contribution < -0.4 is 4.89 Å². The fraction of sp³-hybridized carbons (Fsp3) is 0.721. The first-order valence-electron chi connectivity index (χ1n) is 20.5. The summed E-state index contributed by atoms with van der Waals surface area (Å²) in [5.74, 6) is -0.937. The molecule has 0 saturated carbocycles. The van der Waals surface area contributed by atoms with Crippen molar-refractivity contribution in [3.05, 3.63) is 60.8 Å². The minimum Gasteiger partial charge on any atom is -0.756 e. The first-order valence-corrected chi connectivity index (χ1v) is 22.0. The Kier molecular flexibility index (Phi) is 33.9. The van der Waals surface area contributed by atoms with E-state index in [1.54, 1.807) is 0 Å². The number of nitrogens with zero attached hydrogens (tertiary/aromatic N) is 1. The first-order chi connectivity index (χ1) is 25.5. The lowest BCUT2D eigenvalue weighted by atomic mass is 10.1. The highest BCUT2D eigenvalue weighted by atomic mass is 31.2. The van der Waals surface area contributed by atoms with Gasteiger partial charge in [-0.3, -0.25) is 14.2 Å². The van der Waals surface area contributed by atoms with Gasteiger partial charge in [-0.2, -0.15) is 0 Å². The van der Waals surface area contributed by atoms with Crippen LogP contribution >= 0.6 is 7.82 Å². The number of quaternary nitrogens is 1. The summed E-state index contributed by atoms with van der Waals surface area (Å²) in [4.78, 5) is 37.3. The third-order valence-corrected chi connectivity index (χ3v) is 9.27. The molecular weight excluding hydrogens is 689 g/mol. The molecule has 0 fully saturated rings. The van der Waals surface area contributed by atoms with Crippen LogP contribution in [0.3, 0.4) is 0 Å². The number of rotatable bonds is 36. The molecule has 2 atom stereocenters. The van der Waals surface area contributed by atoms with Crippen molar-refractivity contribution in [1.29, 1.82) is 0 Å². The van der Waals surface area contributed by atoms with Gasteiger partial charge in [0.2, 0.25) is 0 Å². The van der Waals surface area contributed by atoms with Crippen molar-refractivity contribution in [3.8, 4) is 0 Å². The molecule has 0 rings (SSSR count). The molecule has 0 amide bonds. The summed E-state index contributed by atoms with van der Waals surface area (Å²) in [6.07, 6.45) is 41.2. The molecule has 306 valence electrons. The summed E-state index contributed by atoms with van der Waals surface area (Å²) < 4.78 is 33.7. The summed E-state index contributed by atoms with van der Waals surface area (Å²) >= 11 is 0. The normalized spacial score (nSPS) is 14.3. The van der Waals surface area contributed by atoms with Crippen molar-refractivity contribution in [2.24, 2.45) is 0 Å². The van der Waals surface area contributed by atoms with Crippen molar-refractivity contribution in [1.82, 2.24) is 0 Å². The number of likely N-dealkylation sites (N-methyl/N-ethyl adjacent to an activating group) is 1. The van der Waals surface area contributed by atoms with E-state index in [1.807, 2.05) is 33.3 Å². The monoisotopic (exact) mass is 766 g/mol. The predicted octanol–water partition coefficient (Wildman–Crippen LogP) is 10.7. The summed E-state index contributed by atoms with van der Waals surface area (Å²) in [6.45, 7) is 4.07. The lowest BCUT2D eigenvalue weighted by Crippen LogP contribution is -2.37. The van der Waals surface area contributed by atoms with Crippen LogP contribution in [-0.2, 0) is 32.7 Å². The van der Waals surface area contributed by atoms with Crippen molar-refractivity contribution >= 4 is 19.8 Å². The van der Waals surface area contributed by atoms with Gasteiger partial charge in [-0.15, -0.1) is 0 Å². The Hall–Kier alpha value is -2.29. The Morgan fingerprint density at radius 1 is 0.585 bits per heavy atom. The zero-order chi connectivity index (χ0) is 39.3. The number of phosphoric acid groups is 1. The van der Waals surface area contributed by atoms with E-state index in [2.05, 4.69) is 62.5 Å². The molecule has 0 spiro atoms. The fourth-order valence-electron chi connectivity index (χ4n) is 5.05. The maximum Gasteiger partial charge on any atom is 0.306 e. The van der Waals surface area contributed by atoms with Crippen molar-refractivity contribution in [3.63, 3.8) is 0 Å². The van der Waals surface area contributed by atoms with Gasteiger partial charge in [-0.05, 0) is 51.4 Å². The Labute approximate surface area is 324 Å². The number of carbonyl (C=O) groups excluding carboxylic acids is 2. The van der Waals surface area contributed by atoms with Gasteiger partial charge in [-0.1, -0.05) is 145 Å². The third kappa shape index (κ3) is 39.2. The molecule has 0 aromatic carbocycles. The van der Waals surface area contributed by atoms with E-state index < -0.39 is 32.5 Å². The second kappa shape index (κ2) is 35.4. The predicted molar refractivity (Wildman–Crippen MR) is 217 cm³/mol. The van der Waals surface area contributed by atoms with Gasteiger partial charge in [-0.25, -0.2) is 0 Å².